The third kappa shape index (κ3) is 7.24. The van der Waals surface area contributed by atoms with E-state index in [-0.39, 0.29) is 17.4 Å². The highest BCUT2D eigenvalue weighted by atomic mass is 19.1. The van der Waals surface area contributed by atoms with Gasteiger partial charge in [-0.15, -0.1) is 0 Å². The van der Waals surface area contributed by atoms with Crippen molar-refractivity contribution < 1.29 is 37.2 Å². The second kappa shape index (κ2) is 11.1. The normalized spacial score (nSPS) is 27.2. The maximum atomic E-state index is 14.3. The van der Waals surface area contributed by atoms with Crippen LogP contribution in [0.5, 0.6) is 5.75 Å². The number of rotatable bonds is 8. The Kier molecular flexibility index (Phi) is 3.41. The van der Waals surface area contributed by atoms with E-state index in [0.29, 0.717) is 4.90 Å². The zero-order chi connectivity index (χ0) is 37.1. The van der Waals surface area contributed by atoms with Crippen molar-refractivity contribution in [2.24, 2.45) is 5.92 Å². The van der Waals surface area contributed by atoms with E-state index in [9.17, 15) is 9.18 Å². The Morgan fingerprint density at radius 1 is 1.26 bits per heavy atom. The van der Waals surface area contributed by atoms with Crippen LogP contribution in [0, 0.1) is 11.7 Å². The van der Waals surface area contributed by atoms with Gasteiger partial charge >= 0.3 is 6.03 Å². The van der Waals surface area contributed by atoms with Crippen LogP contribution < -0.4 is 10.1 Å². The summed E-state index contributed by atoms with van der Waals surface area (Å²) in [4.78, 5) is 14.5. The predicted molar refractivity (Wildman–Crippen MR) is 121 cm³/mol. The van der Waals surface area contributed by atoms with Crippen LogP contribution in [0.1, 0.15) is 61.1 Å². The van der Waals surface area contributed by atoms with Crippen LogP contribution in [0.3, 0.4) is 0 Å². The summed E-state index contributed by atoms with van der Waals surface area (Å²) in [5.74, 6) is -2.04. The molecule has 0 unspecified atom stereocenters. The number of piperidine rings is 1. The van der Waals surface area contributed by atoms with Gasteiger partial charge in [0.1, 0.15) is 11.6 Å². The fourth-order valence-electron chi connectivity index (χ4n) is 2.55. The average molecular weight is 445 g/mol. The second-order valence-electron chi connectivity index (χ2n) is 7.10. The molecule has 1 N–H and O–H groups in total. The SMILES string of the molecule is [2H]c1c([2H])c(CN(C(=O)NC([2H])([2H])c2c([2H])c([2H])c(OCC(C)C)c([2H])c2[2H])C2CC([2H])([2H])N(C([2H])([2H])[2H])C([2H])([2H])C2)c([2H])c([2H])c1F. The van der Waals surface area contributed by atoms with Crippen molar-refractivity contribution in [3.8, 4) is 5.75 Å². The molecule has 5 nitrogen and oxygen atoms in total. The van der Waals surface area contributed by atoms with Gasteiger partial charge in [0.05, 0.1) is 20.3 Å². The molecule has 2 aromatic rings. The standard InChI is InChI=1S/C25H34FN3O2/c1-19(2)18-31-24-10-6-20(7-11-24)16-27-25(30)29(23-12-14-28(3)15-13-23)17-21-4-8-22(26)9-5-21/h4-11,19,23H,12-18H2,1-3H3,(H,27,30)/i3D3,4D,5D,6D,7D,8D,9D,10D,11D,14D2,15D2,16D2. The van der Waals surface area contributed by atoms with Gasteiger partial charge in [-0.05, 0) is 74.0 Å². The lowest BCUT2D eigenvalue weighted by Gasteiger charge is -2.37. The van der Waals surface area contributed by atoms with Crippen molar-refractivity contribution in [1.82, 2.24) is 15.1 Å². The third-order valence-electron chi connectivity index (χ3n) is 4.10. The highest BCUT2D eigenvalue weighted by Crippen LogP contribution is 2.19. The molecule has 0 saturated carbocycles. The number of nitrogens with one attached hydrogen (secondary N) is 1. The van der Waals surface area contributed by atoms with E-state index in [2.05, 4.69) is 0 Å². The van der Waals surface area contributed by atoms with Gasteiger partial charge in [-0.2, -0.15) is 0 Å². The van der Waals surface area contributed by atoms with Crippen molar-refractivity contribution in [1.29, 1.82) is 0 Å². The van der Waals surface area contributed by atoms with E-state index in [4.69, 9.17) is 28.0 Å². The summed E-state index contributed by atoms with van der Waals surface area (Å²) in [6, 6.07) is -10.6. The Morgan fingerprint density at radius 3 is 2.52 bits per heavy atom. The van der Waals surface area contributed by atoms with Crippen molar-refractivity contribution >= 4 is 6.03 Å². The molecule has 0 aromatic heterocycles. The Morgan fingerprint density at radius 2 is 1.90 bits per heavy atom. The molecule has 0 radical (unpaired) electrons. The Hall–Kier alpha value is -2.60. The molecular weight excluding hydrogens is 393 g/mol. The predicted octanol–water partition coefficient (Wildman–Crippen LogP) is 4.67. The summed E-state index contributed by atoms with van der Waals surface area (Å²) in [6.45, 7) is -9.91. The minimum atomic E-state index is -3.29. The molecule has 1 aliphatic rings. The molecule has 168 valence electrons. The minimum Gasteiger partial charge on any atom is -0.493 e. The molecule has 1 saturated heterocycles. The van der Waals surface area contributed by atoms with Gasteiger partial charge in [0.2, 0.25) is 0 Å². The van der Waals surface area contributed by atoms with Crippen molar-refractivity contribution in [3.63, 3.8) is 0 Å². The van der Waals surface area contributed by atoms with Gasteiger partial charge in [0.25, 0.3) is 0 Å². The van der Waals surface area contributed by atoms with Crippen LogP contribution in [0.25, 0.3) is 0 Å². The number of likely N-dealkylation sites (tertiary alicyclic amines) is 1. The fraction of sp³-hybridized carbons (Fsp3) is 0.480. The lowest BCUT2D eigenvalue weighted by atomic mass is 10.0. The third-order valence-corrected chi connectivity index (χ3v) is 4.10. The monoisotopic (exact) mass is 444 g/mol. The summed E-state index contributed by atoms with van der Waals surface area (Å²) in [7, 11) is 0. The molecule has 0 bridgehead atoms. The summed E-state index contributed by atoms with van der Waals surface area (Å²) in [5.41, 5.74) is -1.55. The van der Waals surface area contributed by atoms with Crippen LogP contribution >= 0.6 is 0 Å². The molecule has 6 heteroatoms. The summed E-state index contributed by atoms with van der Waals surface area (Å²) < 4.78 is 159. The molecule has 31 heavy (non-hydrogen) atoms. The second-order valence-corrected chi connectivity index (χ2v) is 7.10. The molecule has 0 aliphatic carbocycles. The number of carbonyl (C=O) groups is 1. The van der Waals surface area contributed by atoms with Gasteiger partial charge in [0.15, 0.2) is 0 Å². The minimum absolute atomic E-state index is 0.000394. The average Bonchev–Trinajstić information content (AvgIpc) is 2.91. The van der Waals surface area contributed by atoms with Gasteiger partial charge in [0, 0.05) is 28.7 Å². The van der Waals surface area contributed by atoms with Crippen LogP contribution in [0.4, 0.5) is 9.18 Å². The number of ether oxygens (including phenoxy) is 1. The number of urea groups is 1. The lowest BCUT2D eigenvalue weighted by molar-refractivity contribution is 0.127. The smallest absolute Gasteiger partial charge is 0.318 e. The van der Waals surface area contributed by atoms with E-state index < -0.39 is 129 Å². The van der Waals surface area contributed by atoms with Crippen LogP contribution in [0.15, 0.2) is 48.3 Å². The molecular formula is C25H34FN3O2. The molecule has 1 heterocycles. The van der Waals surface area contributed by atoms with E-state index in [1.54, 1.807) is 13.8 Å². The van der Waals surface area contributed by atoms with Crippen molar-refractivity contribution in [2.75, 3.05) is 26.6 Å². The van der Waals surface area contributed by atoms with Gasteiger partial charge in [-0.25, -0.2) is 9.18 Å². The first-order chi connectivity index (χ1) is 21.7. The Bertz CT molecular complexity index is 1510. The number of hydrogen-bond donors (Lipinski definition) is 1. The summed E-state index contributed by atoms with van der Waals surface area (Å²) in [5, 5.41) is 1.88. The van der Waals surface area contributed by atoms with Gasteiger partial charge in [-0.3, -0.25) is 0 Å². The number of halogens is 1. The zero-order valence-corrected chi connectivity index (χ0v) is 17.1. The number of hydrogen-bond acceptors (Lipinski definition) is 3. The highest BCUT2D eigenvalue weighted by Gasteiger charge is 2.27. The molecule has 3 rings (SSSR count). The first-order valence-corrected chi connectivity index (χ1v) is 9.54. The molecule has 2 aromatic carbocycles. The topological polar surface area (TPSA) is 44.8 Å². The maximum absolute atomic E-state index is 14.3. The molecule has 2 amide bonds. The number of carbonyl (C=O) groups excluding carboxylic acids is 1. The number of amides is 2. The van der Waals surface area contributed by atoms with Crippen LogP contribution in [-0.2, 0) is 13.0 Å². The van der Waals surface area contributed by atoms with Gasteiger partial charge < -0.3 is 19.9 Å². The van der Waals surface area contributed by atoms with E-state index in [1.165, 1.54) is 0 Å². The Labute approximate surface area is 209 Å². The van der Waals surface area contributed by atoms with E-state index >= 15 is 0 Å². The molecule has 0 spiro atoms. The fourth-order valence-corrected chi connectivity index (χ4v) is 2.55. The largest absolute Gasteiger partial charge is 0.493 e. The summed E-state index contributed by atoms with van der Waals surface area (Å²) in [6.07, 6.45) is -1.82. The molecule has 0 atom stereocenters. The number of benzene rings is 2. The molecule has 1 fully saturated rings. The first kappa shape index (κ1) is 9.49. The Balaban J connectivity index is 2.16. The lowest BCUT2D eigenvalue weighted by Crippen LogP contribution is -2.49. The maximum Gasteiger partial charge on any atom is 0.318 e. The zero-order valence-electron chi connectivity index (χ0n) is 34.1. The van der Waals surface area contributed by atoms with Crippen molar-refractivity contribution in [3.05, 3.63) is 65.3 Å². The van der Waals surface area contributed by atoms with Crippen LogP contribution in [-0.4, -0.2) is 48.4 Å². The van der Waals surface area contributed by atoms with Crippen LogP contribution in [0.2, 0.25) is 0 Å². The van der Waals surface area contributed by atoms with E-state index in [1.807, 2.05) is 5.32 Å². The molecule has 1 aliphatic heterocycles. The number of nitrogens with zero attached hydrogens (tertiary/aromatic N) is 2. The first-order valence-electron chi connectivity index (χ1n) is 18.0. The summed E-state index contributed by atoms with van der Waals surface area (Å²) >= 11 is 0. The quantitative estimate of drug-likeness (QED) is 0.644. The van der Waals surface area contributed by atoms with Gasteiger partial charge in [-0.1, -0.05) is 38.0 Å². The van der Waals surface area contributed by atoms with E-state index in [0.717, 1.165) is 0 Å². The van der Waals surface area contributed by atoms with Crippen molar-refractivity contribution in [2.45, 2.75) is 45.8 Å². The highest BCUT2D eigenvalue weighted by molar-refractivity contribution is 5.74.